The summed E-state index contributed by atoms with van der Waals surface area (Å²) in [6.07, 6.45) is 2.28. The van der Waals surface area contributed by atoms with Gasteiger partial charge in [0.05, 0.1) is 30.1 Å². The fourth-order valence-electron chi connectivity index (χ4n) is 3.60. The van der Waals surface area contributed by atoms with Crippen LogP contribution in [0, 0.1) is 10.7 Å². The van der Waals surface area contributed by atoms with Crippen molar-refractivity contribution in [1.82, 2.24) is 9.55 Å². The van der Waals surface area contributed by atoms with Crippen molar-refractivity contribution < 1.29 is 18.7 Å². The van der Waals surface area contributed by atoms with Crippen LogP contribution in [0.1, 0.15) is 61.4 Å². The smallest absolute Gasteiger partial charge is 0.339 e. The number of imidazole rings is 1. The van der Waals surface area contributed by atoms with Gasteiger partial charge in [0, 0.05) is 5.56 Å². The number of aromatic nitrogens is 2. The first-order valence-electron chi connectivity index (χ1n) is 11.4. The number of carbonyl (C=O) groups is 1. The summed E-state index contributed by atoms with van der Waals surface area (Å²) < 4.78 is 28.2. The molecule has 8 heteroatoms. The van der Waals surface area contributed by atoms with Crippen molar-refractivity contribution in [3.8, 4) is 17.1 Å². The lowest BCUT2D eigenvalue weighted by Crippen LogP contribution is -2.24. The van der Waals surface area contributed by atoms with Gasteiger partial charge >= 0.3 is 5.97 Å². The van der Waals surface area contributed by atoms with Gasteiger partial charge in [0.1, 0.15) is 18.0 Å². The Kier molecular flexibility index (Phi) is 8.17. The van der Waals surface area contributed by atoms with Crippen LogP contribution in [-0.2, 0) is 17.8 Å². The highest BCUT2D eigenvalue weighted by Crippen LogP contribution is 2.29. The summed E-state index contributed by atoms with van der Waals surface area (Å²) in [6.45, 7) is 11.4. The van der Waals surface area contributed by atoms with Crippen molar-refractivity contribution in [3.63, 3.8) is 0 Å². The molecule has 0 aliphatic carbocycles. The van der Waals surface area contributed by atoms with E-state index < -0.39 is 17.4 Å². The molecule has 0 radical (unpaired) electrons. The van der Waals surface area contributed by atoms with Crippen LogP contribution < -0.4 is 4.74 Å². The van der Waals surface area contributed by atoms with Gasteiger partial charge in [0.15, 0.2) is 0 Å². The van der Waals surface area contributed by atoms with E-state index in [0.717, 1.165) is 6.42 Å². The molecule has 3 aromatic rings. The number of rotatable bonds is 10. The number of carbonyl (C=O) groups excluding carboxylic acids is 1. The van der Waals surface area contributed by atoms with E-state index in [9.17, 15) is 9.70 Å². The minimum Gasteiger partial charge on any atom is -0.465 e. The maximum Gasteiger partial charge on any atom is 0.339 e. The van der Waals surface area contributed by atoms with Gasteiger partial charge in [0.25, 0.3) is 6.01 Å². The Labute approximate surface area is 204 Å². The number of esters is 1. The lowest BCUT2D eigenvalue weighted by molar-refractivity contribution is 0.00704. The molecule has 1 heterocycles. The Bertz CT molecular complexity index is 1230. The molecule has 7 nitrogen and oxygen atoms in total. The summed E-state index contributed by atoms with van der Waals surface area (Å²) in [4.78, 5) is 28.1. The van der Waals surface area contributed by atoms with Gasteiger partial charge in [-0.25, -0.2) is 9.18 Å². The first-order chi connectivity index (χ1) is 16.7. The monoisotopic (exact) mass is 479 g/mol. The number of hydrogen-bond donors (Lipinski definition) is 0. The Balaban J connectivity index is 1.98. The molecule has 0 saturated heterocycles. The SMILES string of the molecule is C=Cc1nc(OCCC)n(Cc2ccc(-c3ccccc3C(=O)OC(C)(C)C)cc2F)c1CN=O. The molecule has 1 aromatic heterocycles. The molecule has 0 atom stereocenters. The van der Waals surface area contributed by atoms with E-state index in [2.05, 4.69) is 16.7 Å². The average Bonchev–Trinajstić information content (AvgIpc) is 3.14. The van der Waals surface area contributed by atoms with Gasteiger partial charge in [-0.15, -0.1) is 0 Å². The van der Waals surface area contributed by atoms with Crippen LogP contribution in [0.4, 0.5) is 4.39 Å². The zero-order valence-electron chi connectivity index (χ0n) is 20.5. The number of benzene rings is 2. The summed E-state index contributed by atoms with van der Waals surface area (Å²) in [7, 11) is 0. The zero-order chi connectivity index (χ0) is 25.6. The minimum absolute atomic E-state index is 0.0879. The van der Waals surface area contributed by atoms with Crippen LogP contribution in [0.15, 0.2) is 54.2 Å². The highest BCUT2D eigenvalue weighted by molar-refractivity contribution is 5.97. The van der Waals surface area contributed by atoms with Crippen LogP contribution >= 0.6 is 0 Å². The van der Waals surface area contributed by atoms with E-state index in [-0.39, 0.29) is 19.1 Å². The predicted molar refractivity (Wildman–Crippen MR) is 134 cm³/mol. The topological polar surface area (TPSA) is 82.8 Å². The zero-order valence-corrected chi connectivity index (χ0v) is 20.5. The molecule has 3 rings (SSSR count). The molecular formula is C27H30FN3O4. The van der Waals surface area contributed by atoms with Crippen LogP contribution in [0.25, 0.3) is 17.2 Å². The lowest BCUT2D eigenvalue weighted by atomic mass is 9.98. The Morgan fingerprint density at radius 1 is 1.23 bits per heavy atom. The molecule has 0 amide bonds. The molecule has 35 heavy (non-hydrogen) atoms. The molecule has 2 aromatic carbocycles. The molecule has 0 saturated carbocycles. The van der Waals surface area contributed by atoms with Gasteiger partial charge in [-0.1, -0.05) is 49.0 Å². The van der Waals surface area contributed by atoms with Gasteiger partial charge < -0.3 is 9.47 Å². The Hall–Kier alpha value is -3.81. The second-order valence-corrected chi connectivity index (χ2v) is 9.01. The highest BCUT2D eigenvalue weighted by atomic mass is 19.1. The fourth-order valence-corrected chi connectivity index (χ4v) is 3.60. The second kappa shape index (κ2) is 11.1. The van der Waals surface area contributed by atoms with E-state index >= 15 is 4.39 Å². The summed E-state index contributed by atoms with van der Waals surface area (Å²) in [6, 6.07) is 12.0. The molecule has 0 fully saturated rings. The van der Waals surface area contributed by atoms with E-state index in [1.165, 1.54) is 12.1 Å². The molecular weight excluding hydrogens is 449 g/mol. The molecule has 0 unspecified atom stereocenters. The number of ether oxygens (including phenoxy) is 2. The molecule has 0 N–H and O–H groups in total. The van der Waals surface area contributed by atoms with Crippen LogP contribution in [-0.4, -0.2) is 27.7 Å². The van der Waals surface area contributed by atoms with Crippen molar-refractivity contribution in [1.29, 1.82) is 0 Å². The summed E-state index contributed by atoms with van der Waals surface area (Å²) >= 11 is 0. The molecule has 0 aliphatic heterocycles. The van der Waals surface area contributed by atoms with Gasteiger partial charge in [0.2, 0.25) is 0 Å². The van der Waals surface area contributed by atoms with Crippen LogP contribution in [0.2, 0.25) is 0 Å². The number of halogens is 1. The fraction of sp³-hybridized carbons (Fsp3) is 0.333. The van der Waals surface area contributed by atoms with Crippen molar-refractivity contribution in [2.75, 3.05) is 6.61 Å². The highest BCUT2D eigenvalue weighted by Gasteiger charge is 2.22. The van der Waals surface area contributed by atoms with Crippen molar-refractivity contribution >= 4 is 12.0 Å². The first-order valence-corrected chi connectivity index (χ1v) is 11.4. The molecule has 0 aliphatic rings. The number of hydrogen-bond acceptors (Lipinski definition) is 6. The third kappa shape index (κ3) is 6.20. The maximum atomic E-state index is 15.3. The van der Waals surface area contributed by atoms with Gasteiger partial charge in [-0.2, -0.15) is 9.89 Å². The summed E-state index contributed by atoms with van der Waals surface area (Å²) in [5, 5.41) is 2.99. The van der Waals surface area contributed by atoms with E-state index in [1.807, 2.05) is 6.92 Å². The minimum atomic E-state index is -0.653. The maximum absolute atomic E-state index is 15.3. The van der Waals surface area contributed by atoms with Crippen molar-refractivity contribution in [3.05, 3.63) is 82.3 Å². The van der Waals surface area contributed by atoms with Crippen LogP contribution in [0.3, 0.4) is 0 Å². The second-order valence-electron chi connectivity index (χ2n) is 9.01. The predicted octanol–water partition coefficient (Wildman–Crippen LogP) is 6.39. The van der Waals surface area contributed by atoms with Crippen molar-refractivity contribution in [2.24, 2.45) is 5.18 Å². The number of nitrogens with zero attached hydrogens (tertiary/aromatic N) is 3. The standard InChI is InChI=1S/C27H30FN3O4/c1-6-14-34-26-30-23(7-2)24(16-29-33)31(26)17-19-13-12-18(15-22(19)28)20-10-8-9-11-21(20)25(32)35-27(3,4)5/h7-13,15H,2,6,14,16-17H2,1,3-5H3. The molecule has 0 bridgehead atoms. The largest absolute Gasteiger partial charge is 0.465 e. The Morgan fingerprint density at radius 2 is 1.97 bits per heavy atom. The normalized spacial score (nSPS) is 11.2. The van der Waals surface area contributed by atoms with E-state index in [1.54, 1.807) is 61.7 Å². The van der Waals surface area contributed by atoms with Gasteiger partial charge in [-0.3, -0.25) is 4.57 Å². The van der Waals surface area contributed by atoms with Crippen LogP contribution in [0.5, 0.6) is 6.01 Å². The third-order valence-corrected chi connectivity index (χ3v) is 5.15. The molecule has 184 valence electrons. The van der Waals surface area contributed by atoms with E-state index in [4.69, 9.17) is 9.47 Å². The van der Waals surface area contributed by atoms with E-state index in [0.29, 0.717) is 40.2 Å². The quantitative estimate of drug-likeness (QED) is 0.248. The Morgan fingerprint density at radius 3 is 2.60 bits per heavy atom. The lowest BCUT2D eigenvalue weighted by Gasteiger charge is -2.20. The van der Waals surface area contributed by atoms with Gasteiger partial charge in [-0.05, 0) is 56.5 Å². The average molecular weight is 480 g/mol. The summed E-state index contributed by atoms with van der Waals surface area (Å²) in [5.41, 5.74) is 2.15. The first kappa shape index (κ1) is 25.8. The number of nitroso groups, excluding NO2 is 1. The third-order valence-electron chi connectivity index (χ3n) is 5.15. The van der Waals surface area contributed by atoms with Crippen molar-refractivity contribution in [2.45, 2.75) is 52.8 Å². The summed E-state index contributed by atoms with van der Waals surface area (Å²) in [5.74, 6) is -0.946. The molecule has 0 spiro atoms.